The number of aromatic nitrogens is 2. The van der Waals surface area contributed by atoms with E-state index in [0.29, 0.717) is 6.54 Å². The van der Waals surface area contributed by atoms with Gasteiger partial charge in [-0.2, -0.15) is 0 Å². The predicted molar refractivity (Wildman–Crippen MR) is 77.9 cm³/mol. The maximum absolute atomic E-state index is 5.77. The van der Waals surface area contributed by atoms with Gasteiger partial charge in [-0.05, 0) is 32.0 Å². The highest BCUT2D eigenvalue weighted by atomic mass is 15.2. The third kappa shape index (κ3) is 3.29. The van der Waals surface area contributed by atoms with Crippen LogP contribution in [0, 0.1) is 13.8 Å². The maximum atomic E-state index is 5.77. The Morgan fingerprint density at radius 3 is 2.47 bits per heavy atom. The molecule has 2 heterocycles. The molecule has 4 nitrogen and oxygen atoms in total. The quantitative estimate of drug-likeness (QED) is 0.911. The largest absolute Gasteiger partial charge is 0.354 e. The van der Waals surface area contributed by atoms with Gasteiger partial charge in [-0.3, -0.25) is 4.98 Å². The molecule has 0 atom stereocenters. The van der Waals surface area contributed by atoms with E-state index in [-0.39, 0.29) is 0 Å². The average molecular weight is 256 g/mol. The molecule has 2 aromatic rings. The lowest BCUT2D eigenvalue weighted by Gasteiger charge is -2.21. The fourth-order valence-corrected chi connectivity index (χ4v) is 2.07. The molecule has 0 aromatic carbocycles. The van der Waals surface area contributed by atoms with Gasteiger partial charge in [-0.25, -0.2) is 4.98 Å². The van der Waals surface area contributed by atoms with Crippen molar-refractivity contribution in [3.8, 4) is 0 Å². The van der Waals surface area contributed by atoms with Crippen molar-refractivity contribution in [2.45, 2.75) is 26.9 Å². The first kappa shape index (κ1) is 13.5. The van der Waals surface area contributed by atoms with Crippen LogP contribution in [0.3, 0.4) is 0 Å². The molecule has 0 spiro atoms. The van der Waals surface area contributed by atoms with Crippen molar-refractivity contribution in [2.24, 2.45) is 5.73 Å². The summed E-state index contributed by atoms with van der Waals surface area (Å²) in [4.78, 5) is 11.2. The van der Waals surface area contributed by atoms with Crippen molar-refractivity contribution in [1.29, 1.82) is 0 Å². The molecule has 19 heavy (non-hydrogen) atoms. The molecule has 0 aliphatic carbocycles. The van der Waals surface area contributed by atoms with Crippen molar-refractivity contribution in [1.82, 2.24) is 9.97 Å². The minimum atomic E-state index is 0.494. The van der Waals surface area contributed by atoms with Crippen LogP contribution in [0.1, 0.15) is 22.6 Å². The van der Waals surface area contributed by atoms with E-state index in [0.717, 1.165) is 35.0 Å². The number of pyridine rings is 2. The first-order valence-corrected chi connectivity index (χ1v) is 6.40. The molecule has 0 bridgehead atoms. The van der Waals surface area contributed by atoms with Gasteiger partial charge in [0.1, 0.15) is 5.82 Å². The third-order valence-corrected chi connectivity index (χ3v) is 3.02. The van der Waals surface area contributed by atoms with Crippen LogP contribution in [0.15, 0.2) is 30.3 Å². The number of aryl methyl sites for hydroxylation is 2. The summed E-state index contributed by atoms with van der Waals surface area (Å²) < 4.78 is 0. The molecular weight excluding hydrogens is 236 g/mol. The Kier molecular flexibility index (Phi) is 4.12. The lowest BCUT2D eigenvalue weighted by Crippen LogP contribution is -2.21. The van der Waals surface area contributed by atoms with Crippen molar-refractivity contribution in [3.63, 3.8) is 0 Å². The van der Waals surface area contributed by atoms with E-state index < -0.39 is 0 Å². The first-order chi connectivity index (χ1) is 9.10. The minimum Gasteiger partial charge on any atom is -0.354 e. The first-order valence-electron chi connectivity index (χ1n) is 6.40. The molecule has 4 heteroatoms. The van der Waals surface area contributed by atoms with Crippen LogP contribution in [-0.2, 0) is 13.1 Å². The Labute approximate surface area is 114 Å². The summed E-state index contributed by atoms with van der Waals surface area (Å²) in [6.45, 7) is 5.21. The van der Waals surface area contributed by atoms with E-state index in [2.05, 4.69) is 14.9 Å². The molecule has 0 aliphatic heterocycles. The molecular formula is C15H20N4. The van der Waals surface area contributed by atoms with E-state index in [1.807, 2.05) is 51.2 Å². The fraction of sp³-hybridized carbons (Fsp3) is 0.333. The zero-order chi connectivity index (χ0) is 13.8. The van der Waals surface area contributed by atoms with Gasteiger partial charge >= 0.3 is 0 Å². The summed E-state index contributed by atoms with van der Waals surface area (Å²) in [5, 5.41) is 0. The zero-order valence-corrected chi connectivity index (χ0v) is 11.7. The molecule has 2 rings (SSSR count). The lowest BCUT2D eigenvalue weighted by molar-refractivity contribution is 0.840. The summed E-state index contributed by atoms with van der Waals surface area (Å²) in [5.41, 5.74) is 9.89. The van der Waals surface area contributed by atoms with Gasteiger partial charge in [0.2, 0.25) is 0 Å². The standard InChI is InChI=1S/C15H20N4/c1-11-5-4-6-14(17-11)10-19(3)15-13(9-16)8-7-12(2)18-15/h4-8H,9-10,16H2,1-3H3. The molecule has 0 saturated carbocycles. The average Bonchev–Trinajstić information content (AvgIpc) is 2.38. The molecule has 2 N–H and O–H groups in total. The molecule has 0 fully saturated rings. The van der Waals surface area contributed by atoms with Crippen LogP contribution in [0.4, 0.5) is 5.82 Å². The van der Waals surface area contributed by atoms with Crippen LogP contribution in [0.5, 0.6) is 0 Å². The molecule has 0 unspecified atom stereocenters. The number of hydrogen-bond acceptors (Lipinski definition) is 4. The fourth-order valence-electron chi connectivity index (χ4n) is 2.07. The lowest BCUT2D eigenvalue weighted by atomic mass is 10.2. The van der Waals surface area contributed by atoms with Gasteiger partial charge in [-0.1, -0.05) is 12.1 Å². The Morgan fingerprint density at radius 1 is 1.05 bits per heavy atom. The van der Waals surface area contributed by atoms with E-state index in [4.69, 9.17) is 5.73 Å². The van der Waals surface area contributed by atoms with Gasteiger partial charge in [-0.15, -0.1) is 0 Å². The number of nitrogens with zero attached hydrogens (tertiary/aromatic N) is 3. The van der Waals surface area contributed by atoms with Crippen LogP contribution >= 0.6 is 0 Å². The summed E-state index contributed by atoms with van der Waals surface area (Å²) in [6.07, 6.45) is 0. The molecule has 0 aliphatic rings. The van der Waals surface area contributed by atoms with Gasteiger partial charge in [0, 0.05) is 30.5 Å². The highest BCUT2D eigenvalue weighted by Gasteiger charge is 2.09. The number of rotatable bonds is 4. The van der Waals surface area contributed by atoms with Crippen molar-refractivity contribution in [3.05, 3.63) is 53.0 Å². The van der Waals surface area contributed by atoms with Gasteiger partial charge < -0.3 is 10.6 Å². The van der Waals surface area contributed by atoms with Crippen molar-refractivity contribution < 1.29 is 0 Å². The maximum Gasteiger partial charge on any atom is 0.133 e. The molecule has 100 valence electrons. The van der Waals surface area contributed by atoms with Gasteiger partial charge in [0.05, 0.1) is 12.2 Å². The summed E-state index contributed by atoms with van der Waals surface area (Å²) >= 11 is 0. The van der Waals surface area contributed by atoms with Crippen molar-refractivity contribution in [2.75, 3.05) is 11.9 Å². The molecule has 0 amide bonds. The third-order valence-electron chi connectivity index (χ3n) is 3.02. The minimum absolute atomic E-state index is 0.494. The molecule has 0 saturated heterocycles. The summed E-state index contributed by atoms with van der Waals surface area (Å²) in [6, 6.07) is 10.1. The second-order valence-corrected chi connectivity index (χ2v) is 4.77. The van der Waals surface area contributed by atoms with Gasteiger partial charge in [0.25, 0.3) is 0 Å². The highest BCUT2D eigenvalue weighted by molar-refractivity contribution is 5.47. The molecule has 2 aromatic heterocycles. The Hall–Kier alpha value is -1.94. The highest BCUT2D eigenvalue weighted by Crippen LogP contribution is 2.18. The van der Waals surface area contributed by atoms with E-state index in [9.17, 15) is 0 Å². The van der Waals surface area contributed by atoms with Crippen molar-refractivity contribution >= 4 is 5.82 Å². The topological polar surface area (TPSA) is 55.0 Å². The van der Waals surface area contributed by atoms with Crippen LogP contribution in [0.25, 0.3) is 0 Å². The number of nitrogens with two attached hydrogens (primary N) is 1. The SMILES string of the molecule is Cc1cccc(CN(C)c2nc(C)ccc2CN)n1. The number of anilines is 1. The van der Waals surface area contributed by atoms with Gasteiger partial charge in [0.15, 0.2) is 0 Å². The second kappa shape index (κ2) is 5.80. The van der Waals surface area contributed by atoms with Crippen LogP contribution < -0.4 is 10.6 Å². The van der Waals surface area contributed by atoms with E-state index in [1.165, 1.54) is 0 Å². The second-order valence-electron chi connectivity index (χ2n) is 4.77. The summed E-state index contributed by atoms with van der Waals surface area (Å²) in [5.74, 6) is 0.936. The van der Waals surface area contributed by atoms with E-state index in [1.54, 1.807) is 0 Å². The molecule has 0 radical (unpaired) electrons. The summed E-state index contributed by atoms with van der Waals surface area (Å²) in [7, 11) is 2.02. The smallest absolute Gasteiger partial charge is 0.133 e. The van der Waals surface area contributed by atoms with Crippen LogP contribution in [0.2, 0.25) is 0 Å². The Balaban J connectivity index is 2.24. The van der Waals surface area contributed by atoms with E-state index >= 15 is 0 Å². The normalized spacial score (nSPS) is 10.5. The number of hydrogen-bond donors (Lipinski definition) is 1. The zero-order valence-electron chi connectivity index (χ0n) is 11.7. The predicted octanol–water partition coefficient (Wildman–Crippen LogP) is 2.19. The Morgan fingerprint density at radius 2 is 1.79 bits per heavy atom. The Bertz CT molecular complexity index is 566. The van der Waals surface area contributed by atoms with Crippen LogP contribution in [-0.4, -0.2) is 17.0 Å². The monoisotopic (exact) mass is 256 g/mol.